The van der Waals surface area contributed by atoms with Crippen molar-refractivity contribution in [2.75, 3.05) is 20.2 Å². The molecule has 3 N–H and O–H groups in total. The number of hydrogen-bond acceptors (Lipinski definition) is 9. The number of ether oxygens (including phenoxy) is 1. The molecular formula is C26H31F3N8O4S. The van der Waals surface area contributed by atoms with Gasteiger partial charge in [-0.25, -0.2) is 0 Å². The highest BCUT2D eigenvalue weighted by Crippen LogP contribution is 2.36. The van der Waals surface area contributed by atoms with E-state index in [2.05, 4.69) is 31.2 Å². The highest BCUT2D eigenvalue weighted by molar-refractivity contribution is 7.17. The minimum atomic E-state index is -4.55. The summed E-state index contributed by atoms with van der Waals surface area (Å²) in [5.74, 6) is -0.931. The van der Waals surface area contributed by atoms with Gasteiger partial charge in [-0.1, -0.05) is 5.16 Å². The van der Waals surface area contributed by atoms with Gasteiger partial charge in [0.2, 0.25) is 11.7 Å². The molecule has 1 aliphatic heterocycles. The Morgan fingerprint density at radius 3 is 2.74 bits per heavy atom. The van der Waals surface area contributed by atoms with Crippen LogP contribution >= 0.6 is 11.3 Å². The van der Waals surface area contributed by atoms with Crippen molar-refractivity contribution >= 4 is 33.4 Å². The number of rotatable bonds is 8. The molecule has 2 atom stereocenters. The fraction of sp³-hybridized carbons (Fsp3) is 0.500. The second kappa shape index (κ2) is 11.5. The Morgan fingerprint density at radius 2 is 2.05 bits per heavy atom. The second-order valence-corrected chi connectivity index (χ2v) is 11.8. The van der Waals surface area contributed by atoms with Gasteiger partial charge in [0.15, 0.2) is 0 Å². The number of piperidine rings is 1. The number of carbonyl (C=O) groups excluding carboxylic acids is 2. The van der Waals surface area contributed by atoms with Crippen molar-refractivity contribution in [3.8, 4) is 11.5 Å². The summed E-state index contributed by atoms with van der Waals surface area (Å²) in [6.07, 6.45) is -1.08. The number of halogens is 3. The van der Waals surface area contributed by atoms with Crippen LogP contribution in [0.15, 0.2) is 28.4 Å². The first-order valence-corrected chi connectivity index (χ1v) is 14.1. The number of amides is 2. The molecule has 16 heteroatoms. The summed E-state index contributed by atoms with van der Waals surface area (Å²) in [5, 5.41) is 18.8. The fourth-order valence-corrected chi connectivity index (χ4v) is 5.76. The van der Waals surface area contributed by atoms with E-state index in [1.54, 1.807) is 23.4 Å². The van der Waals surface area contributed by atoms with Crippen LogP contribution in [0.2, 0.25) is 0 Å². The van der Waals surface area contributed by atoms with Gasteiger partial charge in [-0.15, -0.1) is 11.3 Å². The molecule has 12 nitrogen and oxygen atoms in total. The van der Waals surface area contributed by atoms with Gasteiger partial charge in [0.25, 0.3) is 11.8 Å². The van der Waals surface area contributed by atoms with Gasteiger partial charge in [0.05, 0.1) is 47.2 Å². The maximum absolute atomic E-state index is 13.6. The van der Waals surface area contributed by atoms with Crippen molar-refractivity contribution in [3.63, 3.8) is 0 Å². The van der Waals surface area contributed by atoms with Crippen LogP contribution < -0.4 is 16.0 Å². The van der Waals surface area contributed by atoms with Gasteiger partial charge in [0.1, 0.15) is 11.4 Å². The summed E-state index contributed by atoms with van der Waals surface area (Å²) in [7, 11) is 1.56. The van der Waals surface area contributed by atoms with E-state index in [1.807, 2.05) is 20.8 Å². The predicted octanol–water partition coefficient (Wildman–Crippen LogP) is 3.30. The lowest BCUT2D eigenvalue weighted by Gasteiger charge is -2.31. The molecule has 4 aromatic heterocycles. The van der Waals surface area contributed by atoms with Crippen molar-refractivity contribution in [2.45, 2.75) is 64.1 Å². The summed E-state index contributed by atoms with van der Waals surface area (Å²) in [5.41, 5.74) is 0.306. The Balaban J connectivity index is 1.37. The number of fused-ring (bicyclic) bond motifs is 1. The first kappa shape index (κ1) is 29.7. The molecule has 226 valence electrons. The molecule has 0 spiro atoms. The molecule has 0 radical (unpaired) electrons. The lowest BCUT2D eigenvalue weighted by Crippen LogP contribution is -2.53. The average molecular weight is 609 g/mol. The second-order valence-electron chi connectivity index (χ2n) is 11.0. The Bertz CT molecular complexity index is 1580. The quantitative estimate of drug-likeness (QED) is 0.277. The molecule has 0 unspecified atom stereocenters. The third-order valence-corrected chi connectivity index (χ3v) is 7.90. The van der Waals surface area contributed by atoms with Gasteiger partial charge in [0, 0.05) is 30.6 Å². The Kier molecular flexibility index (Phi) is 8.13. The molecule has 42 heavy (non-hydrogen) atoms. The summed E-state index contributed by atoms with van der Waals surface area (Å²) in [6.45, 7) is 5.66. The Labute approximate surface area is 242 Å². The summed E-state index contributed by atoms with van der Waals surface area (Å²) < 4.78 is 54.2. The minimum Gasteiger partial charge on any atom is -0.378 e. The fourth-order valence-electron chi connectivity index (χ4n) is 4.71. The first-order valence-electron chi connectivity index (χ1n) is 13.2. The molecule has 4 aromatic rings. The lowest BCUT2D eigenvalue weighted by atomic mass is 10.0. The zero-order chi connectivity index (χ0) is 30.2. The van der Waals surface area contributed by atoms with Gasteiger partial charge >= 0.3 is 6.18 Å². The van der Waals surface area contributed by atoms with E-state index >= 15 is 0 Å². The maximum atomic E-state index is 13.6. The normalized spacial score (nSPS) is 18.0. The molecule has 0 aliphatic carbocycles. The van der Waals surface area contributed by atoms with E-state index in [4.69, 9.17) is 9.26 Å². The van der Waals surface area contributed by atoms with Crippen LogP contribution in [-0.2, 0) is 23.4 Å². The van der Waals surface area contributed by atoms with E-state index in [1.165, 1.54) is 12.3 Å². The lowest BCUT2D eigenvalue weighted by molar-refractivity contribution is -0.139. The number of methoxy groups -OCH3 is 1. The van der Waals surface area contributed by atoms with Crippen molar-refractivity contribution in [1.82, 2.24) is 40.4 Å². The van der Waals surface area contributed by atoms with Gasteiger partial charge in [-0.2, -0.15) is 23.3 Å². The molecule has 2 amide bonds. The molecule has 1 aliphatic rings. The number of carbonyl (C=O) groups is 2. The highest BCUT2D eigenvalue weighted by atomic mass is 32.1. The largest absolute Gasteiger partial charge is 0.406 e. The molecule has 0 bridgehead atoms. The molecule has 1 saturated heterocycles. The Hall–Kier alpha value is -3.76. The third-order valence-electron chi connectivity index (χ3n) is 6.88. The maximum Gasteiger partial charge on any atom is 0.406 e. The zero-order valence-corrected chi connectivity index (χ0v) is 24.2. The van der Waals surface area contributed by atoms with E-state index in [9.17, 15) is 22.8 Å². The van der Waals surface area contributed by atoms with Crippen LogP contribution in [0, 0.1) is 0 Å². The SMILES string of the molecule is CO[C@@H]1CNCC[C@H]1NC(=O)c1csc2c1cc(-c1noc(CNC(=O)c3cnn(C(C)(C)C)c3)n1)n2CC(F)(F)F. The summed E-state index contributed by atoms with van der Waals surface area (Å²) >= 11 is 1.02. The summed E-state index contributed by atoms with van der Waals surface area (Å²) in [4.78, 5) is 30.3. The van der Waals surface area contributed by atoms with Crippen LogP contribution in [0.25, 0.3) is 21.7 Å². The zero-order valence-electron chi connectivity index (χ0n) is 23.4. The molecular weight excluding hydrogens is 577 g/mol. The van der Waals surface area contributed by atoms with Gasteiger partial charge in [-0.3, -0.25) is 14.3 Å². The van der Waals surface area contributed by atoms with Crippen molar-refractivity contribution < 1.29 is 32.0 Å². The van der Waals surface area contributed by atoms with Crippen molar-refractivity contribution in [3.05, 3.63) is 40.9 Å². The molecule has 5 rings (SSSR count). The van der Waals surface area contributed by atoms with Crippen LogP contribution in [0.3, 0.4) is 0 Å². The smallest absolute Gasteiger partial charge is 0.378 e. The van der Waals surface area contributed by atoms with E-state index in [-0.39, 0.29) is 52.0 Å². The van der Waals surface area contributed by atoms with E-state index in [0.717, 1.165) is 15.9 Å². The molecule has 5 heterocycles. The van der Waals surface area contributed by atoms with Gasteiger partial charge in [-0.05, 0) is 39.8 Å². The Morgan fingerprint density at radius 1 is 1.26 bits per heavy atom. The van der Waals surface area contributed by atoms with E-state index < -0.39 is 24.5 Å². The molecule has 0 aromatic carbocycles. The predicted molar refractivity (Wildman–Crippen MR) is 147 cm³/mol. The number of thiophene rings is 1. The van der Waals surface area contributed by atoms with Crippen LogP contribution in [0.5, 0.6) is 0 Å². The monoisotopic (exact) mass is 608 g/mol. The van der Waals surface area contributed by atoms with Crippen molar-refractivity contribution in [2.24, 2.45) is 0 Å². The highest BCUT2D eigenvalue weighted by Gasteiger charge is 2.33. The van der Waals surface area contributed by atoms with Gasteiger partial charge < -0.3 is 29.8 Å². The molecule has 1 fully saturated rings. The van der Waals surface area contributed by atoms with Crippen LogP contribution in [-0.4, -0.2) is 74.8 Å². The van der Waals surface area contributed by atoms with E-state index in [0.29, 0.717) is 30.5 Å². The van der Waals surface area contributed by atoms with Crippen LogP contribution in [0.1, 0.15) is 53.8 Å². The molecule has 0 saturated carbocycles. The summed E-state index contributed by atoms with van der Waals surface area (Å²) in [6, 6.07) is 1.21. The number of hydrogen-bond donors (Lipinski definition) is 3. The third kappa shape index (κ3) is 6.34. The number of nitrogens with one attached hydrogen (secondary N) is 3. The average Bonchev–Trinajstić information content (AvgIpc) is 3.71. The van der Waals surface area contributed by atoms with Crippen molar-refractivity contribution in [1.29, 1.82) is 0 Å². The first-order chi connectivity index (χ1) is 19.8. The minimum absolute atomic E-state index is 0.000779. The number of aromatic nitrogens is 5. The number of nitrogens with zero attached hydrogens (tertiary/aromatic N) is 5. The van der Waals surface area contributed by atoms with Crippen LogP contribution in [0.4, 0.5) is 13.2 Å². The topological polar surface area (TPSA) is 141 Å². The standard InChI is InChI=1S/C26H31F3N8O4S/c1-25(2,3)37-11-14(8-32-37)22(38)31-10-20-34-21(35-41-20)18-7-15-16(12-42-24(15)36(18)13-26(27,28)29)23(39)33-17-5-6-30-9-19(17)40-4/h7-8,11-12,17,19,30H,5-6,9-10,13H2,1-4H3,(H,31,38)(H,33,39)/t17-,19-/m1/s1. The number of alkyl halides is 3.